The topological polar surface area (TPSA) is 78.9 Å². The summed E-state index contributed by atoms with van der Waals surface area (Å²) >= 11 is 0. The Morgan fingerprint density at radius 3 is 2.52 bits per heavy atom. The van der Waals surface area contributed by atoms with E-state index in [1.165, 1.54) is 6.42 Å². The molecule has 1 aromatic carbocycles. The Balaban J connectivity index is 1.45. The summed E-state index contributed by atoms with van der Waals surface area (Å²) in [5, 5.41) is 12.9. The zero-order valence-electron chi connectivity index (χ0n) is 17.2. The molecule has 158 valence electrons. The van der Waals surface area contributed by atoms with Crippen LogP contribution in [0.25, 0.3) is 0 Å². The Kier molecular flexibility index (Phi) is 5.81. The highest BCUT2D eigenvalue weighted by molar-refractivity contribution is 5.89. The third kappa shape index (κ3) is 4.27. The van der Waals surface area contributed by atoms with Crippen molar-refractivity contribution in [1.29, 1.82) is 0 Å². The maximum absolute atomic E-state index is 13.2. The summed E-state index contributed by atoms with van der Waals surface area (Å²) in [5.74, 6) is 0.996. The van der Waals surface area contributed by atoms with Gasteiger partial charge in [0, 0.05) is 25.0 Å². The minimum Gasteiger partial charge on any atom is -0.497 e. The lowest BCUT2D eigenvalue weighted by molar-refractivity contribution is -0.158. The summed E-state index contributed by atoms with van der Waals surface area (Å²) in [6.45, 7) is 0.946. The number of hydrogen-bond acceptors (Lipinski definition) is 4. The summed E-state index contributed by atoms with van der Waals surface area (Å²) in [7, 11) is 1.64. The van der Waals surface area contributed by atoms with Gasteiger partial charge >= 0.3 is 0 Å². The molecular formula is C23H32N2O4. The minimum absolute atomic E-state index is 0.0112. The van der Waals surface area contributed by atoms with Gasteiger partial charge in [-0.25, -0.2) is 0 Å². The van der Waals surface area contributed by atoms with Crippen LogP contribution in [-0.2, 0) is 16.0 Å². The van der Waals surface area contributed by atoms with Gasteiger partial charge in [-0.05, 0) is 69.1 Å². The molecule has 0 bridgehead atoms. The van der Waals surface area contributed by atoms with Crippen LogP contribution in [0.15, 0.2) is 24.3 Å². The first-order valence-corrected chi connectivity index (χ1v) is 10.9. The standard InChI is InChI=1S/C23H32N2O4/c1-29-20-7-2-4-16(12-20)13-23(22(28)24-18-5-3-6-18)14-25(15-23)21(27)17-8-10-19(26)11-9-17/h2,4,7,12,17-19,26H,3,5-6,8-11,13-15H2,1H3,(H,24,28). The largest absolute Gasteiger partial charge is 0.497 e. The Hall–Kier alpha value is -2.08. The van der Waals surface area contributed by atoms with Gasteiger partial charge in [-0.1, -0.05) is 12.1 Å². The lowest BCUT2D eigenvalue weighted by atomic mass is 9.72. The number of amides is 2. The second-order valence-electron chi connectivity index (χ2n) is 9.11. The van der Waals surface area contributed by atoms with E-state index in [2.05, 4.69) is 5.32 Å². The molecule has 6 nitrogen and oxygen atoms in total. The smallest absolute Gasteiger partial charge is 0.230 e. The molecule has 1 heterocycles. The van der Waals surface area contributed by atoms with Gasteiger partial charge in [0.15, 0.2) is 0 Å². The first-order valence-electron chi connectivity index (χ1n) is 10.9. The van der Waals surface area contributed by atoms with Crippen molar-refractivity contribution in [3.05, 3.63) is 29.8 Å². The number of benzene rings is 1. The zero-order chi connectivity index (χ0) is 20.4. The number of hydrogen-bond donors (Lipinski definition) is 2. The normalized spacial score (nSPS) is 26.2. The molecule has 1 aliphatic heterocycles. The van der Waals surface area contributed by atoms with Gasteiger partial charge in [-0.2, -0.15) is 0 Å². The molecule has 0 aromatic heterocycles. The SMILES string of the molecule is COc1cccc(CC2(C(=O)NC3CCC3)CN(C(=O)C3CCC(O)CC3)C2)c1. The van der Waals surface area contributed by atoms with E-state index in [9.17, 15) is 14.7 Å². The molecule has 4 rings (SSSR count). The van der Waals surface area contributed by atoms with E-state index in [4.69, 9.17) is 4.74 Å². The minimum atomic E-state index is -0.564. The van der Waals surface area contributed by atoms with Crippen molar-refractivity contribution in [1.82, 2.24) is 10.2 Å². The van der Waals surface area contributed by atoms with Gasteiger partial charge in [0.05, 0.1) is 18.6 Å². The second kappa shape index (κ2) is 8.34. The molecule has 2 amide bonds. The van der Waals surface area contributed by atoms with Gasteiger partial charge in [0.25, 0.3) is 0 Å². The number of carbonyl (C=O) groups excluding carboxylic acids is 2. The van der Waals surface area contributed by atoms with Crippen LogP contribution in [0.1, 0.15) is 50.5 Å². The van der Waals surface area contributed by atoms with Gasteiger partial charge < -0.3 is 20.1 Å². The van der Waals surface area contributed by atoms with Gasteiger partial charge in [0.1, 0.15) is 5.75 Å². The number of nitrogens with one attached hydrogen (secondary N) is 1. The number of aliphatic hydroxyl groups excluding tert-OH is 1. The number of likely N-dealkylation sites (tertiary alicyclic amines) is 1. The van der Waals surface area contributed by atoms with E-state index in [-0.39, 0.29) is 29.9 Å². The van der Waals surface area contributed by atoms with Crippen molar-refractivity contribution in [2.45, 2.75) is 63.5 Å². The van der Waals surface area contributed by atoms with E-state index in [1.54, 1.807) is 7.11 Å². The van der Waals surface area contributed by atoms with E-state index in [1.807, 2.05) is 29.2 Å². The molecule has 0 radical (unpaired) electrons. The van der Waals surface area contributed by atoms with Crippen LogP contribution in [0.2, 0.25) is 0 Å². The third-order valence-electron chi connectivity index (χ3n) is 6.94. The van der Waals surface area contributed by atoms with Gasteiger partial charge in [-0.15, -0.1) is 0 Å². The molecule has 29 heavy (non-hydrogen) atoms. The molecule has 2 N–H and O–H groups in total. The fraction of sp³-hybridized carbons (Fsp3) is 0.652. The fourth-order valence-electron chi connectivity index (χ4n) is 4.82. The molecule has 3 aliphatic rings. The van der Waals surface area contributed by atoms with Crippen molar-refractivity contribution in [2.75, 3.05) is 20.2 Å². The Bertz CT molecular complexity index is 747. The molecule has 0 spiro atoms. The molecular weight excluding hydrogens is 368 g/mol. The van der Waals surface area contributed by atoms with E-state index >= 15 is 0 Å². The fourth-order valence-corrected chi connectivity index (χ4v) is 4.82. The summed E-state index contributed by atoms with van der Waals surface area (Å²) < 4.78 is 5.33. The maximum atomic E-state index is 13.2. The summed E-state index contributed by atoms with van der Waals surface area (Å²) in [6.07, 6.45) is 6.49. The molecule has 0 atom stereocenters. The molecule has 1 aromatic rings. The average Bonchev–Trinajstić information content (AvgIpc) is 2.67. The third-order valence-corrected chi connectivity index (χ3v) is 6.94. The number of methoxy groups -OCH3 is 1. The predicted octanol–water partition coefficient (Wildman–Crippen LogP) is 2.29. The molecule has 6 heteroatoms. The van der Waals surface area contributed by atoms with Crippen LogP contribution in [0.4, 0.5) is 0 Å². The number of aliphatic hydroxyl groups is 1. The predicted molar refractivity (Wildman–Crippen MR) is 109 cm³/mol. The van der Waals surface area contributed by atoms with E-state index in [0.717, 1.165) is 37.0 Å². The zero-order valence-corrected chi connectivity index (χ0v) is 17.2. The van der Waals surface area contributed by atoms with Gasteiger partial charge in [0.2, 0.25) is 11.8 Å². The highest BCUT2D eigenvalue weighted by Gasteiger charge is 2.52. The first-order chi connectivity index (χ1) is 14.0. The van der Waals surface area contributed by atoms with E-state index in [0.29, 0.717) is 32.4 Å². The summed E-state index contributed by atoms with van der Waals surface area (Å²) in [5.41, 5.74) is 0.493. The van der Waals surface area contributed by atoms with Crippen LogP contribution in [0, 0.1) is 11.3 Å². The Labute approximate surface area is 172 Å². The molecule has 3 fully saturated rings. The number of carbonyl (C=O) groups is 2. The Morgan fingerprint density at radius 2 is 1.90 bits per heavy atom. The van der Waals surface area contributed by atoms with Crippen molar-refractivity contribution in [2.24, 2.45) is 11.3 Å². The van der Waals surface area contributed by atoms with Gasteiger partial charge in [-0.3, -0.25) is 9.59 Å². The monoisotopic (exact) mass is 400 g/mol. The lowest BCUT2D eigenvalue weighted by Gasteiger charge is -2.51. The molecule has 2 saturated carbocycles. The summed E-state index contributed by atoms with van der Waals surface area (Å²) in [4.78, 5) is 28.0. The van der Waals surface area contributed by atoms with E-state index < -0.39 is 5.41 Å². The van der Waals surface area contributed by atoms with Crippen LogP contribution in [0.3, 0.4) is 0 Å². The van der Waals surface area contributed by atoms with Crippen LogP contribution >= 0.6 is 0 Å². The number of nitrogens with zero attached hydrogens (tertiary/aromatic N) is 1. The van der Waals surface area contributed by atoms with Crippen molar-refractivity contribution < 1.29 is 19.4 Å². The van der Waals surface area contributed by atoms with Crippen molar-refractivity contribution in [3.8, 4) is 5.75 Å². The van der Waals surface area contributed by atoms with Crippen LogP contribution in [0.5, 0.6) is 5.75 Å². The van der Waals surface area contributed by atoms with Crippen molar-refractivity contribution >= 4 is 11.8 Å². The Morgan fingerprint density at radius 1 is 1.17 bits per heavy atom. The first kappa shape index (κ1) is 20.2. The molecule has 2 aliphatic carbocycles. The lowest BCUT2D eigenvalue weighted by Crippen LogP contribution is -2.67. The van der Waals surface area contributed by atoms with Crippen LogP contribution < -0.4 is 10.1 Å². The van der Waals surface area contributed by atoms with Crippen LogP contribution in [-0.4, -0.2) is 54.2 Å². The second-order valence-corrected chi connectivity index (χ2v) is 9.11. The summed E-state index contributed by atoms with van der Waals surface area (Å²) in [6, 6.07) is 8.13. The number of rotatable bonds is 6. The molecule has 1 saturated heterocycles. The highest BCUT2D eigenvalue weighted by Crippen LogP contribution is 2.38. The average molecular weight is 401 g/mol. The molecule has 0 unspecified atom stereocenters. The number of ether oxygens (including phenoxy) is 1. The highest BCUT2D eigenvalue weighted by atomic mass is 16.5. The maximum Gasteiger partial charge on any atom is 0.230 e. The van der Waals surface area contributed by atoms with Crippen molar-refractivity contribution in [3.63, 3.8) is 0 Å². The quantitative estimate of drug-likeness (QED) is 0.768.